The maximum Gasteiger partial charge on any atom is 0.300 e. The van der Waals surface area contributed by atoms with Gasteiger partial charge in [-0.3, -0.25) is 34.1 Å². The van der Waals surface area contributed by atoms with Gasteiger partial charge in [-0.25, -0.2) is 0 Å². The molecule has 0 amide bonds. The predicted octanol–water partition coefficient (Wildman–Crippen LogP) is 4.10. The Hall–Kier alpha value is -5.33. The number of nitrogens with one attached hydrogen (secondary N) is 2. The van der Waals surface area contributed by atoms with Gasteiger partial charge in [0, 0.05) is 51.8 Å². The molecule has 0 saturated carbocycles. The minimum atomic E-state index is -0.833. The van der Waals surface area contributed by atoms with Gasteiger partial charge in [-0.15, -0.1) is 0 Å². The maximum atomic E-state index is 9.00. The number of rotatable bonds is 2. The zero-order valence-corrected chi connectivity index (χ0v) is 21.5. The highest BCUT2D eigenvalue weighted by atomic mass is 16.4. The van der Waals surface area contributed by atoms with E-state index in [4.69, 9.17) is 50.4 Å². The average Bonchev–Trinajstić information content (AvgIpc) is 2.86. The molecular formula is C25H33N5O8. The third-order valence-corrected chi connectivity index (χ3v) is 2.66. The van der Waals surface area contributed by atoms with Crippen molar-refractivity contribution in [3.05, 3.63) is 67.1 Å². The highest BCUT2D eigenvalue weighted by molar-refractivity contribution is 5.76. The molecule has 38 heavy (non-hydrogen) atoms. The molecule has 0 atom stereocenters. The van der Waals surface area contributed by atoms with Gasteiger partial charge in [0.25, 0.3) is 23.9 Å². The molecule has 13 nitrogen and oxygen atoms in total. The highest BCUT2D eigenvalue weighted by Crippen LogP contribution is 2.26. The molecule has 0 unspecified atom stereocenters. The van der Waals surface area contributed by atoms with E-state index in [2.05, 4.69) is 28.4 Å². The van der Waals surface area contributed by atoms with Crippen LogP contribution in [0.25, 0.3) is 22.6 Å². The molecular weight excluding hydrogens is 498 g/mol. The van der Waals surface area contributed by atoms with E-state index in [1.807, 2.05) is 48.5 Å². The fourth-order valence-corrected chi connectivity index (χ4v) is 1.84. The average molecular weight is 532 g/mol. The summed E-state index contributed by atoms with van der Waals surface area (Å²) in [4.78, 5) is 49.1. The Morgan fingerprint density at radius 3 is 1.18 bits per heavy atom. The second-order valence-corrected chi connectivity index (χ2v) is 5.91. The molecule has 0 aromatic carbocycles. The van der Waals surface area contributed by atoms with Crippen LogP contribution < -0.4 is 0 Å². The first kappa shape index (κ1) is 39.9. The maximum absolute atomic E-state index is 9.00. The van der Waals surface area contributed by atoms with E-state index < -0.39 is 23.9 Å². The van der Waals surface area contributed by atoms with E-state index in [-0.39, 0.29) is 0 Å². The standard InChI is InChI=1S/C15H11N3.4C2H4O2.2CH3N/c1-3-9-16-13(7-1)12-6-5-11-18-15(12)14-8-2-4-10-17-14;4*1-2(3)4;2*1-2/h1-11H;4*1H3,(H,3,4);2*2H,1H2. The monoisotopic (exact) mass is 531 g/mol. The molecule has 0 aliphatic carbocycles. The van der Waals surface area contributed by atoms with Crippen molar-refractivity contribution >= 4 is 37.3 Å². The van der Waals surface area contributed by atoms with Gasteiger partial charge < -0.3 is 31.2 Å². The van der Waals surface area contributed by atoms with Gasteiger partial charge in [0.2, 0.25) is 0 Å². The summed E-state index contributed by atoms with van der Waals surface area (Å²) in [6, 6.07) is 15.6. The van der Waals surface area contributed by atoms with Crippen molar-refractivity contribution in [1.29, 1.82) is 10.8 Å². The Morgan fingerprint density at radius 2 is 0.868 bits per heavy atom. The first-order valence-electron chi connectivity index (χ1n) is 10.1. The summed E-state index contributed by atoms with van der Waals surface area (Å²) >= 11 is 0. The number of carbonyl (C=O) groups is 4. The van der Waals surface area contributed by atoms with Crippen molar-refractivity contribution in [3.63, 3.8) is 0 Å². The topological polar surface area (TPSA) is 236 Å². The minimum absolute atomic E-state index is 0.833. The highest BCUT2D eigenvalue weighted by Gasteiger charge is 2.09. The fourth-order valence-electron chi connectivity index (χ4n) is 1.84. The summed E-state index contributed by atoms with van der Waals surface area (Å²) in [7, 11) is 0. The number of hydrogen-bond donors (Lipinski definition) is 6. The Morgan fingerprint density at radius 1 is 0.553 bits per heavy atom. The number of carboxylic acids is 4. The molecule has 0 bridgehead atoms. The van der Waals surface area contributed by atoms with Crippen LogP contribution in [0, 0.1) is 10.8 Å². The molecule has 0 aliphatic rings. The van der Waals surface area contributed by atoms with Crippen LogP contribution in [0.15, 0.2) is 67.1 Å². The van der Waals surface area contributed by atoms with Crippen molar-refractivity contribution in [3.8, 4) is 22.6 Å². The molecule has 3 rings (SSSR count). The van der Waals surface area contributed by atoms with Crippen LogP contribution in [0.4, 0.5) is 0 Å². The van der Waals surface area contributed by atoms with Gasteiger partial charge in [0.1, 0.15) is 0 Å². The third kappa shape index (κ3) is 30.7. The number of pyridine rings is 3. The van der Waals surface area contributed by atoms with E-state index in [9.17, 15) is 0 Å². The van der Waals surface area contributed by atoms with Gasteiger partial charge in [-0.2, -0.15) is 0 Å². The van der Waals surface area contributed by atoms with Crippen molar-refractivity contribution in [1.82, 2.24) is 15.0 Å². The molecule has 3 aromatic heterocycles. The lowest BCUT2D eigenvalue weighted by molar-refractivity contribution is -0.135. The Balaban J connectivity index is -0.000000239. The first-order chi connectivity index (χ1) is 17.9. The predicted molar refractivity (Wildman–Crippen MR) is 144 cm³/mol. The van der Waals surface area contributed by atoms with Crippen LogP contribution in [0.2, 0.25) is 0 Å². The Labute approximate surface area is 220 Å². The minimum Gasteiger partial charge on any atom is -0.481 e. The van der Waals surface area contributed by atoms with Crippen molar-refractivity contribution in [2.45, 2.75) is 27.7 Å². The van der Waals surface area contributed by atoms with Gasteiger partial charge in [-0.05, 0) is 49.8 Å². The zero-order valence-electron chi connectivity index (χ0n) is 21.5. The van der Waals surface area contributed by atoms with Gasteiger partial charge >= 0.3 is 0 Å². The van der Waals surface area contributed by atoms with Crippen LogP contribution in [0.5, 0.6) is 0 Å². The fraction of sp³-hybridized carbons (Fsp3) is 0.160. The van der Waals surface area contributed by atoms with E-state index in [0.717, 1.165) is 50.3 Å². The summed E-state index contributed by atoms with van der Waals surface area (Å²) in [6.45, 7) is 9.33. The van der Waals surface area contributed by atoms with Gasteiger partial charge in [0.05, 0.1) is 17.1 Å². The number of hydrogen-bond acceptors (Lipinski definition) is 9. The van der Waals surface area contributed by atoms with Crippen molar-refractivity contribution in [2.75, 3.05) is 0 Å². The third-order valence-electron chi connectivity index (χ3n) is 2.66. The molecule has 0 radical (unpaired) electrons. The number of carboxylic acid groups (broad SMARTS) is 4. The summed E-state index contributed by atoms with van der Waals surface area (Å²) < 4.78 is 0. The number of aromatic nitrogens is 3. The number of aliphatic carboxylic acids is 4. The van der Waals surface area contributed by atoms with Gasteiger partial charge in [0.15, 0.2) is 0 Å². The van der Waals surface area contributed by atoms with E-state index in [1.165, 1.54) is 0 Å². The molecule has 0 aliphatic heterocycles. The van der Waals surface area contributed by atoms with Crippen LogP contribution in [0.3, 0.4) is 0 Å². The molecule has 3 aromatic rings. The molecule has 0 saturated heterocycles. The zero-order chi connectivity index (χ0) is 30.5. The first-order valence-corrected chi connectivity index (χ1v) is 10.1. The summed E-state index contributed by atoms with van der Waals surface area (Å²) in [5.41, 5.74) is 3.62. The van der Waals surface area contributed by atoms with Crippen LogP contribution >= 0.6 is 0 Å². The molecule has 0 spiro atoms. The van der Waals surface area contributed by atoms with Crippen LogP contribution in [-0.2, 0) is 19.2 Å². The largest absolute Gasteiger partial charge is 0.481 e. The molecule has 0 fully saturated rings. The van der Waals surface area contributed by atoms with E-state index in [0.29, 0.717) is 0 Å². The number of nitrogens with zero attached hydrogens (tertiary/aromatic N) is 3. The normalized spacial score (nSPS) is 7.68. The van der Waals surface area contributed by atoms with Crippen LogP contribution in [-0.4, -0.2) is 72.7 Å². The lowest BCUT2D eigenvalue weighted by Gasteiger charge is -2.06. The Bertz CT molecular complexity index is 927. The lowest BCUT2D eigenvalue weighted by atomic mass is 10.1. The van der Waals surface area contributed by atoms with E-state index >= 15 is 0 Å². The molecule has 13 heteroatoms. The van der Waals surface area contributed by atoms with Gasteiger partial charge in [-0.1, -0.05) is 12.1 Å². The Kier molecular flexibility index (Phi) is 29.3. The van der Waals surface area contributed by atoms with Crippen molar-refractivity contribution < 1.29 is 39.6 Å². The molecule has 6 N–H and O–H groups in total. The smallest absolute Gasteiger partial charge is 0.300 e. The summed E-state index contributed by atoms with van der Waals surface area (Å²) in [6.07, 6.45) is 5.33. The van der Waals surface area contributed by atoms with Crippen LogP contribution in [0.1, 0.15) is 27.7 Å². The molecule has 206 valence electrons. The summed E-state index contributed by atoms with van der Waals surface area (Å²) in [5, 5.41) is 40.7. The lowest BCUT2D eigenvalue weighted by Crippen LogP contribution is -1.92. The second-order valence-electron chi connectivity index (χ2n) is 5.91. The second kappa shape index (κ2) is 27.9. The molecule has 3 heterocycles. The van der Waals surface area contributed by atoms with Crippen molar-refractivity contribution in [2.24, 2.45) is 0 Å². The SMILES string of the molecule is C=N.C=N.CC(=O)O.CC(=O)O.CC(=O)O.CC(=O)O.c1ccc(-c2cccnc2-c2ccccn2)nc1. The summed E-state index contributed by atoms with van der Waals surface area (Å²) in [5.74, 6) is -3.33. The quantitative estimate of drug-likeness (QED) is 0.257. The van der Waals surface area contributed by atoms with E-state index in [1.54, 1.807) is 18.6 Å².